The molecule has 5 rings (SSSR count). The van der Waals surface area contributed by atoms with Crippen molar-refractivity contribution in [1.29, 1.82) is 0 Å². The summed E-state index contributed by atoms with van der Waals surface area (Å²) in [6.45, 7) is 0. The van der Waals surface area contributed by atoms with Crippen LogP contribution in [0.5, 0.6) is 5.75 Å². The van der Waals surface area contributed by atoms with E-state index in [0.29, 0.717) is 21.6 Å². The van der Waals surface area contributed by atoms with E-state index in [-0.39, 0.29) is 22.8 Å². The van der Waals surface area contributed by atoms with Crippen LogP contribution < -0.4 is 4.90 Å². The molecule has 0 saturated heterocycles. The summed E-state index contributed by atoms with van der Waals surface area (Å²) >= 11 is 6.00. The molecule has 1 aromatic heterocycles. The van der Waals surface area contributed by atoms with Crippen LogP contribution in [0, 0.1) is 0 Å². The van der Waals surface area contributed by atoms with Gasteiger partial charge in [-0.05, 0) is 66.2 Å². The number of aliphatic hydroxyl groups excluding tert-OH is 1. The van der Waals surface area contributed by atoms with Gasteiger partial charge in [0.15, 0.2) is 11.5 Å². The van der Waals surface area contributed by atoms with Crippen LogP contribution in [0.15, 0.2) is 88.5 Å². The van der Waals surface area contributed by atoms with Crippen molar-refractivity contribution in [2.45, 2.75) is 12.2 Å². The maximum absolute atomic E-state index is 13.5. The number of anilines is 1. The molecule has 1 atom stereocenters. The lowest BCUT2D eigenvalue weighted by Crippen LogP contribution is -2.31. The fraction of sp³-hybridized carbons (Fsp3) is 0.0769. The first-order valence-electron chi connectivity index (χ1n) is 10.5. The number of nitrogens with zero attached hydrogens (tertiary/aromatic N) is 1. The van der Waals surface area contributed by atoms with Gasteiger partial charge in [0.25, 0.3) is 5.91 Å². The largest absolute Gasteiger partial charge is 0.508 e. The quantitative estimate of drug-likeness (QED) is 0.300. The number of carbonyl (C=O) groups excluding carboxylic acids is 2. The molecule has 1 amide bonds. The van der Waals surface area contributed by atoms with Crippen LogP contribution in [-0.4, -0.2) is 21.9 Å². The van der Waals surface area contributed by atoms with Crippen molar-refractivity contribution < 1.29 is 37.4 Å². The van der Waals surface area contributed by atoms with Crippen molar-refractivity contribution in [3.8, 4) is 5.75 Å². The Morgan fingerprint density at radius 1 is 0.944 bits per heavy atom. The fourth-order valence-corrected chi connectivity index (χ4v) is 4.33. The van der Waals surface area contributed by atoms with Crippen LogP contribution in [0.1, 0.15) is 27.7 Å². The van der Waals surface area contributed by atoms with Gasteiger partial charge in [0.1, 0.15) is 11.3 Å². The highest BCUT2D eigenvalue weighted by molar-refractivity contribution is 6.31. The minimum absolute atomic E-state index is 0.0248. The number of hydrogen-bond donors (Lipinski definition) is 2. The van der Waals surface area contributed by atoms with E-state index < -0.39 is 35.2 Å². The average molecular weight is 514 g/mol. The number of fused-ring (bicyclic) bond motifs is 1. The van der Waals surface area contributed by atoms with Gasteiger partial charge in [0, 0.05) is 16.1 Å². The summed E-state index contributed by atoms with van der Waals surface area (Å²) in [6.07, 6.45) is -4.59. The average Bonchev–Trinajstić information content (AvgIpc) is 3.37. The molecular weight excluding hydrogens is 499 g/mol. The number of aliphatic hydroxyl groups is 1. The SMILES string of the molecule is O=C(C1=C(O)C(=O)N(c2ccc(C(F)(F)F)cc2)C1c1ccc(O)cc1)c1cc2cc(Cl)ccc2o1. The van der Waals surface area contributed by atoms with Crippen molar-refractivity contribution in [1.82, 2.24) is 0 Å². The van der Waals surface area contributed by atoms with Gasteiger partial charge in [-0.15, -0.1) is 0 Å². The molecule has 10 heteroatoms. The highest BCUT2D eigenvalue weighted by Gasteiger charge is 2.45. The van der Waals surface area contributed by atoms with Crippen LogP contribution in [0.3, 0.4) is 0 Å². The van der Waals surface area contributed by atoms with Gasteiger partial charge < -0.3 is 14.6 Å². The first-order chi connectivity index (χ1) is 17.0. The van der Waals surface area contributed by atoms with Crippen LogP contribution in [0.4, 0.5) is 18.9 Å². The van der Waals surface area contributed by atoms with Crippen LogP contribution in [0.25, 0.3) is 11.0 Å². The summed E-state index contributed by atoms with van der Waals surface area (Å²) in [5.41, 5.74) is -0.540. The standard InChI is InChI=1S/C26H15ClF3NO5/c27-16-5-10-19-14(11-16)12-20(36-19)23(33)21-22(13-1-8-18(32)9-2-13)31(25(35)24(21)34)17-6-3-15(4-7-17)26(28,29)30/h1-12,22,32,34H. The molecule has 2 N–H and O–H groups in total. The summed E-state index contributed by atoms with van der Waals surface area (Å²) in [7, 11) is 0. The molecule has 3 aromatic carbocycles. The first kappa shape index (κ1) is 23.5. The summed E-state index contributed by atoms with van der Waals surface area (Å²) in [5, 5.41) is 21.4. The van der Waals surface area contributed by atoms with Crippen molar-refractivity contribution in [3.05, 3.63) is 106 Å². The first-order valence-corrected chi connectivity index (χ1v) is 10.9. The Hall–Kier alpha value is -4.24. The van der Waals surface area contributed by atoms with E-state index >= 15 is 0 Å². The molecule has 0 spiro atoms. The zero-order chi connectivity index (χ0) is 25.8. The monoisotopic (exact) mass is 513 g/mol. The molecule has 36 heavy (non-hydrogen) atoms. The molecule has 1 aliphatic heterocycles. The number of alkyl halides is 3. The third-order valence-corrected chi connectivity index (χ3v) is 6.07. The maximum Gasteiger partial charge on any atom is 0.416 e. The van der Waals surface area contributed by atoms with E-state index in [4.69, 9.17) is 16.0 Å². The number of halogens is 4. The van der Waals surface area contributed by atoms with Gasteiger partial charge in [-0.3, -0.25) is 14.5 Å². The highest BCUT2D eigenvalue weighted by Crippen LogP contribution is 2.43. The van der Waals surface area contributed by atoms with Gasteiger partial charge in [0.2, 0.25) is 5.78 Å². The number of phenolic OH excluding ortho intramolecular Hbond substituents is 1. The third-order valence-electron chi connectivity index (χ3n) is 5.84. The molecular formula is C26H15ClF3NO5. The zero-order valence-electron chi connectivity index (χ0n) is 18.1. The van der Waals surface area contributed by atoms with Crippen molar-refractivity contribution in [2.75, 3.05) is 4.90 Å². The number of hydrogen-bond acceptors (Lipinski definition) is 5. The normalized spacial score (nSPS) is 16.3. The van der Waals surface area contributed by atoms with Crippen LogP contribution in [0.2, 0.25) is 5.02 Å². The molecule has 0 bridgehead atoms. The second kappa shape index (κ2) is 8.46. The number of rotatable bonds is 4. The summed E-state index contributed by atoms with van der Waals surface area (Å²) in [6, 6.07) is 14.2. The Balaban J connectivity index is 1.63. The predicted octanol–water partition coefficient (Wildman–Crippen LogP) is 6.59. The second-order valence-electron chi connectivity index (χ2n) is 8.10. The van der Waals surface area contributed by atoms with Crippen LogP contribution in [-0.2, 0) is 11.0 Å². The van der Waals surface area contributed by atoms with E-state index in [9.17, 15) is 33.0 Å². The van der Waals surface area contributed by atoms with E-state index in [2.05, 4.69) is 0 Å². The number of Topliss-reactive ketones (excluding diaryl/α,β-unsaturated/α-hetero) is 1. The number of benzene rings is 3. The minimum Gasteiger partial charge on any atom is -0.508 e. The number of phenols is 1. The smallest absolute Gasteiger partial charge is 0.416 e. The van der Waals surface area contributed by atoms with Gasteiger partial charge in [0.05, 0.1) is 17.2 Å². The predicted molar refractivity (Wildman–Crippen MR) is 125 cm³/mol. The molecule has 0 saturated carbocycles. The lowest BCUT2D eigenvalue weighted by atomic mass is 9.94. The number of amides is 1. The Bertz CT molecular complexity index is 1540. The van der Waals surface area contributed by atoms with E-state index in [1.54, 1.807) is 18.2 Å². The zero-order valence-corrected chi connectivity index (χ0v) is 18.8. The van der Waals surface area contributed by atoms with Gasteiger partial charge in [-0.1, -0.05) is 23.7 Å². The van der Waals surface area contributed by atoms with Gasteiger partial charge in [-0.2, -0.15) is 13.2 Å². The number of ketones is 1. The Morgan fingerprint density at radius 2 is 1.61 bits per heavy atom. The lowest BCUT2D eigenvalue weighted by Gasteiger charge is -2.27. The molecule has 2 heterocycles. The highest BCUT2D eigenvalue weighted by atomic mass is 35.5. The van der Waals surface area contributed by atoms with E-state index in [1.807, 2.05) is 0 Å². The summed E-state index contributed by atoms with van der Waals surface area (Å²) in [5.74, 6) is -2.88. The lowest BCUT2D eigenvalue weighted by molar-refractivity contribution is -0.137. The maximum atomic E-state index is 13.5. The number of furan rings is 1. The van der Waals surface area contributed by atoms with E-state index in [0.717, 1.165) is 29.2 Å². The molecule has 0 aliphatic carbocycles. The molecule has 182 valence electrons. The van der Waals surface area contributed by atoms with Gasteiger partial charge >= 0.3 is 6.18 Å². The van der Waals surface area contributed by atoms with Crippen molar-refractivity contribution >= 4 is 39.9 Å². The second-order valence-corrected chi connectivity index (χ2v) is 8.53. The molecule has 0 fully saturated rings. The Labute approximate surface area is 206 Å². The summed E-state index contributed by atoms with van der Waals surface area (Å²) < 4.78 is 44.8. The van der Waals surface area contributed by atoms with E-state index in [1.165, 1.54) is 30.3 Å². The number of aromatic hydroxyl groups is 1. The van der Waals surface area contributed by atoms with Crippen molar-refractivity contribution in [2.24, 2.45) is 0 Å². The minimum atomic E-state index is -4.59. The molecule has 1 unspecified atom stereocenters. The van der Waals surface area contributed by atoms with Gasteiger partial charge in [-0.25, -0.2) is 0 Å². The van der Waals surface area contributed by atoms with Crippen LogP contribution >= 0.6 is 11.6 Å². The summed E-state index contributed by atoms with van der Waals surface area (Å²) in [4.78, 5) is 27.7. The third kappa shape index (κ3) is 3.97. The number of carbonyl (C=O) groups is 2. The Kier molecular flexibility index (Phi) is 5.52. The fourth-order valence-electron chi connectivity index (χ4n) is 4.15. The molecule has 1 aliphatic rings. The molecule has 0 radical (unpaired) electrons. The topological polar surface area (TPSA) is 91.0 Å². The molecule has 6 nitrogen and oxygen atoms in total. The Morgan fingerprint density at radius 3 is 2.25 bits per heavy atom. The van der Waals surface area contributed by atoms with Crippen molar-refractivity contribution in [3.63, 3.8) is 0 Å². The molecule has 4 aromatic rings.